The van der Waals surface area contributed by atoms with Crippen LogP contribution in [0.1, 0.15) is 72.6 Å². The highest BCUT2D eigenvalue weighted by molar-refractivity contribution is 7.88. The molecule has 1 unspecified atom stereocenters. The molecule has 0 aromatic rings. The van der Waals surface area contributed by atoms with Gasteiger partial charge in [-0.3, -0.25) is 38.4 Å². The van der Waals surface area contributed by atoms with Crippen LogP contribution < -0.4 is 16.0 Å². The highest BCUT2D eigenvalue weighted by Gasteiger charge is 2.58. The van der Waals surface area contributed by atoms with Gasteiger partial charge in [-0.05, 0) is 38.0 Å². The number of hydrogen-bond donors (Lipinski definition) is 5. The van der Waals surface area contributed by atoms with E-state index in [1.54, 1.807) is 20.8 Å². The number of nitrogens with zero attached hydrogens (tertiary/aromatic N) is 3. The maximum atomic E-state index is 14.0. The molecular formula is C30H46N6O12S. The summed E-state index contributed by atoms with van der Waals surface area (Å²) in [6.45, 7) is 6.44. The van der Waals surface area contributed by atoms with Crippen molar-refractivity contribution in [3.8, 4) is 0 Å². The van der Waals surface area contributed by atoms with Crippen molar-refractivity contribution in [3.63, 3.8) is 0 Å². The van der Waals surface area contributed by atoms with Gasteiger partial charge in [-0.25, -0.2) is 12.7 Å². The van der Waals surface area contributed by atoms with Gasteiger partial charge in [0, 0.05) is 26.4 Å². The Labute approximate surface area is 284 Å². The summed E-state index contributed by atoms with van der Waals surface area (Å²) in [5.41, 5.74) is 0. The van der Waals surface area contributed by atoms with E-state index >= 15 is 0 Å². The first kappa shape index (κ1) is 39.2. The van der Waals surface area contributed by atoms with Gasteiger partial charge in [0.1, 0.15) is 24.2 Å². The van der Waals surface area contributed by atoms with E-state index in [4.69, 9.17) is 5.11 Å². The molecule has 0 bridgehead atoms. The summed E-state index contributed by atoms with van der Waals surface area (Å²) >= 11 is 0. The summed E-state index contributed by atoms with van der Waals surface area (Å²) in [6, 6.07) is -6.69. The third kappa shape index (κ3) is 9.04. The Morgan fingerprint density at radius 3 is 2.06 bits per heavy atom. The van der Waals surface area contributed by atoms with Crippen molar-refractivity contribution in [2.24, 2.45) is 11.8 Å². The number of sulfonamides is 1. The van der Waals surface area contributed by atoms with Crippen LogP contribution in [0.25, 0.3) is 0 Å². The SMILES string of the molecule is CCC1C(=O)N(S(C)(=O)=O)[C@H]2CCN(C(=O)[C@@H]3CCCN3C(=O)[C@@H](NC(=O)[C@H](CC(=O)O)NC(=O)[C@H](CCC(=O)O)NC(C)=O)C(C)C)[C@H]12. The molecular weight excluding hydrogens is 668 g/mol. The Morgan fingerprint density at radius 2 is 1.53 bits per heavy atom. The molecule has 0 aromatic heterocycles. The number of rotatable bonds is 15. The molecule has 19 heteroatoms. The molecule has 0 aromatic carbocycles. The van der Waals surface area contributed by atoms with Crippen molar-refractivity contribution in [2.75, 3.05) is 19.3 Å². The number of carboxylic acids is 2. The van der Waals surface area contributed by atoms with E-state index in [9.17, 15) is 51.9 Å². The minimum Gasteiger partial charge on any atom is -0.481 e. The van der Waals surface area contributed by atoms with Crippen LogP contribution >= 0.6 is 0 Å². The van der Waals surface area contributed by atoms with Gasteiger partial charge >= 0.3 is 11.9 Å². The van der Waals surface area contributed by atoms with E-state index in [2.05, 4.69) is 16.0 Å². The summed E-state index contributed by atoms with van der Waals surface area (Å²) in [4.78, 5) is 105. The third-order valence-corrected chi connectivity index (χ3v) is 10.3. The van der Waals surface area contributed by atoms with Crippen LogP contribution in [0, 0.1) is 11.8 Å². The minimum atomic E-state index is -3.88. The van der Waals surface area contributed by atoms with Crippen molar-refractivity contribution >= 4 is 57.4 Å². The summed E-state index contributed by atoms with van der Waals surface area (Å²) in [5.74, 6) is -8.30. The Kier molecular flexibility index (Phi) is 12.7. The first-order valence-electron chi connectivity index (χ1n) is 16.3. The number of likely N-dealkylation sites (tertiary alicyclic amines) is 2. The monoisotopic (exact) mass is 714 g/mol. The molecule has 18 nitrogen and oxygen atoms in total. The predicted octanol–water partition coefficient (Wildman–Crippen LogP) is -1.76. The number of amides is 6. The topological polar surface area (TPSA) is 257 Å². The second kappa shape index (κ2) is 15.9. The zero-order valence-corrected chi connectivity index (χ0v) is 29.0. The van der Waals surface area contributed by atoms with Gasteiger partial charge in [0.2, 0.25) is 45.5 Å². The lowest BCUT2D eigenvalue weighted by Crippen LogP contribution is -2.60. The quantitative estimate of drug-likeness (QED) is 0.127. The zero-order chi connectivity index (χ0) is 37.0. The van der Waals surface area contributed by atoms with E-state index in [0.717, 1.165) is 17.5 Å². The smallest absolute Gasteiger partial charge is 0.305 e. The third-order valence-electron chi connectivity index (χ3n) is 9.15. The van der Waals surface area contributed by atoms with Crippen LogP contribution in [0.5, 0.6) is 0 Å². The lowest BCUT2D eigenvalue weighted by Gasteiger charge is -2.35. The fraction of sp³-hybridized carbons (Fsp3) is 0.733. The van der Waals surface area contributed by atoms with Crippen molar-refractivity contribution in [1.82, 2.24) is 30.1 Å². The molecule has 3 aliphatic heterocycles. The number of nitrogens with one attached hydrogen (secondary N) is 3. The maximum Gasteiger partial charge on any atom is 0.305 e. The van der Waals surface area contributed by atoms with E-state index in [1.165, 1.54) is 9.80 Å². The minimum absolute atomic E-state index is 0.166. The molecule has 5 N–H and O–H groups in total. The molecule has 3 fully saturated rings. The molecule has 7 atom stereocenters. The van der Waals surface area contributed by atoms with Crippen molar-refractivity contribution < 1.29 is 57.0 Å². The number of hydrogen-bond acceptors (Lipinski definition) is 10. The van der Waals surface area contributed by atoms with Gasteiger partial charge in [-0.15, -0.1) is 0 Å². The number of fused-ring (bicyclic) bond motifs is 1. The summed E-state index contributed by atoms with van der Waals surface area (Å²) in [5, 5.41) is 25.5. The molecule has 49 heavy (non-hydrogen) atoms. The Bertz CT molecular complexity index is 1470. The largest absolute Gasteiger partial charge is 0.481 e. The second-order valence-electron chi connectivity index (χ2n) is 13.1. The molecule has 0 spiro atoms. The van der Waals surface area contributed by atoms with Gasteiger partial charge in [0.15, 0.2) is 0 Å². The maximum absolute atomic E-state index is 14.0. The molecule has 3 rings (SSSR count). The summed E-state index contributed by atoms with van der Waals surface area (Å²) in [6.07, 6.45) is 0.525. The molecule has 0 radical (unpaired) electrons. The van der Waals surface area contributed by atoms with Gasteiger partial charge in [-0.2, -0.15) is 0 Å². The van der Waals surface area contributed by atoms with Crippen LogP contribution in [0.4, 0.5) is 0 Å². The summed E-state index contributed by atoms with van der Waals surface area (Å²) < 4.78 is 25.8. The highest BCUT2D eigenvalue weighted by atomic mass is 32.2. The highest BCUT2D eigenvalue weighted by Crippen LogP contribution is 2.40. The van der Waals surface area contributed by atoms with Crippen molar-refractivity contribution in [1.29, 1.82) is 0 Å². The van der Waals surface area contributed by atoms with Crippen LogP contribution in [0.3, 0.4) is 0 Å². The van der Waals surface area contributed by atoms with Crippen LogP contribution in [0.15, 0.2) is 0 Å². The van der Waals surface area contributed by atoms with Crippen LogP contribution in [-0.2, 0) is 48.4 Å². The van der Waals surface area contributed by atoms with Crippen molar-refractivity contribution in [2.45, 2.75) is 109 Å². The van der Waals surface area contributed by atoms with E-state index < -0.39 is 118 Å². The predicted molar refractivity (Wildman–Crippen MR) is 170 cm³/mol. The Balaban J connectivity index is 1.80. The van der Waals surface area contributed by atoms with Gasteiger partial charge < -0.3 is 36.0 Å². The zero-order valence-electron chi connectivity index (χ0n) is 28.2. The van der Waals surface area contributed by atoms with Gasteiger partial charge in [0.05, 0.1) is 30.7 Å². The van der Waals surface area contributed by atoms with Crippen LogP contribution in [0.2, 0.25) is 0 Å². The fourth-order valence-electron chi connectivity index (χ4n) is 6.96. The molecule has 3 aliphatic rings. The number of carboxylic acid groups (broad SMARTS) is 2. The fourth-order valence-corrected chi connectivity index (χ4v) is 8.14. The number of carbonyl (C=O) groups is 8. The molecule has 3 heterocycles. The molecule has 0 aliphatic carbocycles. The first-order chi connectivity index (χ1) is 22.8. The van der Waals surface area contributed by atoms with Crippen molar-refractivity contribution in [3.05, 3.63) is 0 Å². The Morgan fingerprint density at radius 1 is 0.898 bits per heavy atom. The molecule has 3 saturated heterocycles. The van der Waals surface area contributed by atoms with E-state index in [-0.39, 0.29) is 32.4 Å². The molecule has 6 amide bonds. The number of carbonyl (C=O) groups excluding carboxylic acids is 6. The summed E-state index contributed by atoms with van der Waals surface area (Å²) in [7, 11) is -3.88. The second-order valence-corrected chi connectivity index (χ2v) is 14.9. The Hall–Kier alpha value is -4.29. The first-order valence-corrected chi connectivity index (χ1v) is 18.1. The van der Waals surface area contributed by atoms with Gasteiger partial charge in [0.25, 0.3) is 0 Å². The normalized spacial score (nSPS) is 23.9. The van der Waals surface area contributed by atoms with Gasteiger partial charge in [-0.1, -0.05) is 20.8 Å². The number of aliphatic carboxylic acids is 2. The standard InChI is InChI=1S/C30H46N6O12S/c1-6-17-25-20(36(28(17)44)49(5,47)48)11-13-35(25)29(45)21-8-7-12-34(21)30(46)24(15(2)3)33-27(43)19(14-23(40)41)32-26(42)18(31-16(4)37)9-10-22(38)39/h15,17-21,24-25H,6-14H2,1-5H3,(H,31,37)(H,32,42)(H,33,43)(H,38,39)(H,40,41)/t17?,18-,19-,20-,21-,24-,25+/m0/s1. The molecule has 274 valence electrons. The lowest BCUT2D eigenvalue weighted by atomic mass is 9.95. The van der Waals surface area contributed by atoms with Crippen LogP contribution in [-0.4, -0.2) is 136 Å². The molecule has 0 saturated carbocycles. The average molecular weight is 715 g/mol. The lowest BCUT2D eigenvalue weighted by molar-refractivity contribution is -0.148. The average Bonchev–Trinajstić information content (AvgIpc) is 3.70. The van der Waals surface area contributed by atoms with E-state index in [0.29, 0.717) is 12.8 Å². The van der Waals surface area contributed by atoms with E-state index in [1.807, 2.05) is 0 Å².